The molecule has 0 aliphatic heterocycles. The summed E-state index contributed by atoms with van der Waals surface area (Å²) in [6.45, 7) is 11.4. The summed E-state index contributed by atoms with van der Waals surface area (Å²) >= 11 is 0. The monoisotopic (exact) mass is 581 g/mol. The summed E-state index contributed by atoms with van der Waals surface area (Å²) in [4.78, 5) is 49.2. The summed E-state index contributed by atoms with van der Waals surface area (Å²) in [7, 11) is 0. The van der Waals surface area contributed by atoms with E-state index in [-0.39, 0.29) is 30.4 Å². The average molecular weight is 582 g/mol. The quantitative estimate of drug-likeness (QED) is 0.201. The number of carbonyl (C=O) groups excluding carboxylic acids is 3. The van der Waals surface area contributed by atoms with Crippen LogP contribution in [0.4, 0.5) is 14.4 Å². The smallest absolute Gasteiger partial charge is 0.480 e. The molecule has 1 aromatic carbocycles. The van der Waals surface area contributed by atoms with Gasteiger partial charge < -0.3 is 39.3 Å². The van der Waals surface area contributed by atoms with E-state index in [1.54, 1.807) is 41.5 Å². The summed E-state index contributed by atoms with van der Waals surface area (Å²) in [5.74, 6) is -1.71. The molecule has 1 aliphatic rings. The number of carboxylic acid groups (broad SMARTS) is 1. The summed E-state index contributed by atoms with van der Waals surface area (Å²) in [5.41, 5.74) is 3.04. The van der Waals surface area contributed by atoms with Crippen molar-refractivity contribution in [1.29, 1.82) is 0 Å². The number of carboxylic acids is 1. The third-order valence-corrected chi connectivity index (χ3v) is 5.88. The van der Waals surface area contributed by atoms with Gasteiger partial charge in [0, 0.05) is 12.8 Å². The van der Waals surface area contributed by atoms with Gasteiger partial charge in [0.2, 0.25) is 0 Å². The fourth-order valence-corrected chi connectivity index (χ4v) is 4.21. The van der Waals surface area contributed by atoms with Gasteiger partial charge in [-0.25, -0.2) is 14.4 Å². The number of ether oxygens (including phenoxy) is 6. The molecule has 230 valence electrons. The average Bonchev–Trinajstić information content (AvgIpc) is 2.78. The molecule has 0 radical (unpaired) electrons. The van der Waals surface area contributed by atoms with Gasteiger partial charge in [-0.1, -0.05) is 12.5 Å². The highest BCUT2D eigenvalue weighted by Gasteiger charge is 2.38. The van der Waals surface area contributed by atoms with Crippen molar-refractivity contribution < 1.29 is 52.7 Å². The molecule has 1 unspecified atom stereocenters. The van der Waals surface area contributed by atoms with Gasteiger partial charge in [-0.2, -0.15) is 0 Å². The summed E-state index contributed by atoms with van der Waals surface area (Å²) in [6.07, 6.45) is 0.0252. The van der Waals surface area contributed by atoms with Gasteiger partial charge in [-0.05, 0) is 91.8 Å². The van der Waals surface area contributed by atoms with Crippen LogP contribution < -0.4 is 15.2 Å². The topological polar surface area (TPSA) is 170 Å². The summed E-state index contributed by atoms with van der Waals surface area (Å²) in [6, 6.07) is 4.11. The zero-order chi connectivity index (χ0) is 31.0. The van der Waals surface area contributed by atoms with Gasteiger partial charge in [0.15, 0.2) is 11.5 Å². The molecule has 2 atom stereocenters. The van der Waals surface area contributed by atoms with Gasteiger partial charge in [-0.3, -0.25) is 4.79 Å². The lowest BCUT2D eigenvalue weighted by atomic mass is 9.86. The molecule has 1 aliphatic carbocycles. The zero-order valence-electron chi connectivity index (χ0n) is 24.9. The fourth-order valence-electron chi connectivity index (χ4n) is 4.21. The lowest BCUT2D eigenvalue weighted by Crippen LogP contribution is -2.52. The molecule has 2 rings (SSSR count). The van der Waals surface area contributed by atoms with Gasteiger partial charge in [0.05, 0.1) is 0 Å². The molecule has 12 nitrogen and oxygen atoms in total. The van der Waals surface area contributed by atoms with Crippen molar-refractivity contribution >= 4 is 24.4 Å². The molecule has 0 heterocycles. The van der Waals surface area contributed by atoms with E-state index in [0.717, 1.165) is 32.1 Å². The van der Waals surface area contributed by atoms with Crippen molar-refractivity contribution in [3.05, 3.63) is 23.8 Å². The van der Waals surface area contributed by atoms with Crippen LogP contribution in [0.25, 0.3) is 0 Å². The van der Waals surface area contributed by atoms with E-state index in [1.807, 2.05) is 0 Å². The van der Waals surface area contributed by atoms with Crippen molar-refractivity contribution in [2.24, 2.45) is 5.73 Å². The Balaban J connectivity index is 2.21. The van der Waals surface area contributed by atoms with E-state index in [2.05, 4.69) is 0 Å². The Kier molecular flexibility index (Phi) is 11.4. The molecule has 0 spiro atoms. The van der Waals surface area contributed by atoms with Crippen molar-refractivity contribution in [1.82, 2.24) is 0 Å². The van der Waals surface area contributed by atoms with Crippen LogP contribution >= 0.6 is 0 Å². The molecule has 1 fully saturated rings. The van der Waals surface area contributed by atoms with E-state index in [1.165, 1.54) is 25.1 Å². The molecule has 0 saturated heterocycles. The Bertz CT molecular complexity index is 1080. The van der Waals surface area contributed by atoms with Gasteiger partial charge in [-0.15, -0.1) is 0 Å². The first-order valence-corrected chi connectivity index (χ1v) is 13.7. The normalized spacial score (nSPS) is 16.5. The number of rotatable bonds is 9. The predicted molar refractivity (Wildman–Crippen MR) is 147 cm³/mol. The molecular weight excluding hydrogens is 538 g/mol. The maximum absolute atomic E-state index is 12.4. The molecule has 0 amide bonds. The Hall–Kier alpha value is -3.54. The highest BCUT2D eigenvalue weighted by Crippen LogP contribution is 2.32. The number of aliphatic carboxylic acids is 1. The molecule has 1 saturated carbocycles. The number of nitrogens with two attached hydrogens (primary N) is 1. The predicted octanol–water partition coefficient (Wildman–Crippen LogP) is 5.90. The first-order valence-electron chi connectivity index (χ1n) is 13.7. The van der Waals surface area contributed by atoms with E-state index >= 15 is 0 Å². The zero-order valence-corrected chi connectivity index (χ0v) is 24.9. The second-order valence-electron chi connectivity index (χ2n) is 12.3. The van der Waals surface area contributed by atoms with Crippen LogP contribution in [0.15, 0.2) is 18.2 Å². The first-order chi connectivity index (χ1) is 18.8. The van der Waals surface area contributed by atoms with Gasteiger partial charge >= 0.3 is 24.4 Å². The van der Waals surface area contributed by atoms with Crippen LogP contribution in [-0.4, -0.2) is 58.5 Å². The second kappa shape index (κ2) is 13.9. The number of hydrogen-bond donors (Lipinski definition) is 2. The summed E-state index contributed by atoms with van der Waals surface area (Å²) < 4.78 is 31.6. The second-order valence-corrected chi connectivity index (χ2v) is 12.3. The Morgan fingerprint density at radius 3 is 1.93 bits per heavy atom. The third kappa shape index (κ3) is 12.2. The SMILES string of the molecule is C[C@@H](CC(N)(Cc1ccc(OC(=O)OC(C)(C)C)c(OC(=O)OC(C)(C)C)c1)C(=O)O)OC(=O)OC1CCCCC1. The lowest BCUT2D eigenvalue weighted by molar-refractivity contribution is -0.144. The first kappa shape index (κ1) is 33.7. The maximum atomic E-state index is 12.4. The van der Waals surface area contributed by atoms with E-state index in [4.69, 9.17) is 34.2 Å². The van der Waals surface area contributed by atoms with Crippen molar-refractivity contribution in [3.63, 3.8) is 0 Å². The number of hydrogen-bond acceptors (Lipinski definition) is 11. The third-order valence-electron chi connectivity index (χ3n) is 5.88. The Morgan fingerprint density at radius 1 is 0.878 bits per heavy atom. The number of benzene rings is 1. The van der Waals surface area contributed by atoms with Crippen LogP contribution in [0, 0.1) is 0 Å². The summed E-state index contributed by atoms with van der Waals surface area (Å²) in [5, 5.41) is 9.97. The van der Waals surface area contributed by atoms with Crippen molar-refractivity contribution in [3.8, 4) is 11.5 Å². The van der Waals surface area contributed by atoms with Crippen LogP contribution in [0.1, 0.15) is 92.6 Å². The van der Waals surface area contributed by atoms with E-state index in [0.29, 0.717) is 5.56 Å². The van der Waals surface area contributed by atoms with E-state index < -0.39 is 47.3 Å². The molecule has 3 N–H and O–H groups in total. The van der Waals surface area contributed by atoms with Gasteiger partial charge in [0.25, 0.3) is 0 Å². The highest BCUT2D eigenvalue weighted by atomic mass is 16.8. The standard InChI is InChI=1S/C29H43NO11/c1-18(36-24(33)37-20-11-9-8-10-12-20)16-29(30,23(31)32)17-19-13-14-21(38-25(34)40-27(2,3)4)22(15-19)39-26(35)41-28(5,6)7/h13-15,18,20H,8-12,16-17,30H2,1-7H3,(H,31,32)/t18-,29?/m0/s1. The lowest BCUT2D eigenvalue weighted by Gasteiger charge is -2.28. The van der Waals surface area contributed by atoms with E-state index in [9.17, 15) is 24.3 Å². The molecule has 0 aromatic heterocycles. The maximum Gasteiger partial charge on any atom is 0.514 e. The van der Waals surface area contributed by atoms with Crippen molar-refractivity contribution in [2.75, 3.05) is 0 Å². The van der Waals surface area contributed by atoms with Crippen LogP contribution in [0.3, 0.4) is 0 Å². The highest BCUT2D eigenvalue weighted by molar-refractivity contribution is 5.79. The Labute approximate surface area is 240 Å². The minimum Gasteiger partial charge on any atom is -0.480 e. The largest absolute Gasteiger partial charge is 0.514 e. The minimum absolute atomic E-state index is 0.158. The minimum atomic E-state index is -1.87. The molecule has 12 heteroatoms. The van der Waals surface area contributed by atoms with Crippen LogP contribution in [-0.2, 0) is 30.2 Å². The molecule has 1 aromatic rings. The van der Waals surface area contributed by atoms with Crippen LogP contribution in [0.5, 0.6) is 11.5 Å². The molecule has 41 heavy (non-hydrogen) atoms. The van der Waals surface area contributed by atoms with Crippen molar-refractivity contribution in [2.45, 2.75) is 122 Å². The van der Waals surface area contributed by atoms with Gasteiger partial charge in [0.1, 0.15) is 28.9 Å². The molecule has 0 bridgehead atoms. The van der Waals surface area contributed by atoms with Crippen LogP contribution in [0.2, 0.25) is 0 Å². The molecular formula is C29H43NO11. The number of carbonyl (C=O) groups is 4. The Morgan fingerprint density at radius 2 is 1.41 bits per heavy atom. The fraction of sp³-hybridized carbons (Fsp3) is 0.655.